The molecule has 114 valence electrons. The zero-order chi connectivity index (χ0) is 14.2. The molecule has 2 fully saturated rings. The second-order valence-electron chi connectivity index (χ2n) is 7.38. The minimum atomic E-state index is 0.375. The van der Waals surface area contributed by atoms with Crippen LogP contribution in [0.5, 0.6) is 0 Å². The van der Waals surface area contributed by atoms with E-state index in [1.54, 1.807) is 0 Å². The summed E-state index contributed by atoms with van der Waals surface area (Å²) in [6.45, 7) is 2.30. The van der Waals surface area contributed by atoms with E-state index in [0.29, 0.717) is 5.92 Å². The van der Waals surface area contributed by atoms with Gasteiger partial charge >= 0.3 is 0 Å². The molecule has 2 aliphatic carbocycles. The Bertz CT molecular complexity index is 295. The predicted molar refractivity (Wildman–Crippen MR) is 85.3 cm³/mol. The Morgan fingerprint density at radius 3 is 2.40 bits per heavy atom. The molecule has 0 aromatic heterocycles. The molecule has 2 atom stereocenters. The standard InChI is InChI=1S/C19H33N/c1-2-3-4-5-7-16-10-12-18(13-11-16)19-9-6-8-17(14-19)15-20/h16-19H,2-14H2,1H3. The van der Waals surface area contributed by atoms with Crippen LogP contribution in [-0.2, 0) is 0 Å². The van der Waals surface area contributed by atoms with E-state index in [1.165, 1.54) is 83.5 Å². The van der Waals surface area contributed by atoms with Crippen molar-refractivity contribution >= 4 is 0 Å². The van der Waals surface area contributed by atoms with Gasteiger partial charge in [-0.15, -0.1) is 0 Å². The third-order valence-corrected chi connectivity index (χ3v) is 5.92. The summed E-state index contributed by atoms with van der Waals surface area (Å²) in [7, 11) is 0. The molecule has 0 amide bonds. The van der Waals surface area contributed by atoms with Gasteiger partial charge in [-0.2, -0.15) is 5.26 Å². The predicted octanol–water partition coefficient (Wildman–Crippen LogP) is 6.09. The third kappa shape index (κ3) is 4.80. The van der Waals surface area contributed by atoms with Crippen LogP contribution < -0.4 is 0 Å². The number of hydrogen-bond donors (Lipinski definition) is 0. The van der Waals surface area contributed by atoms with E-state index in [9.17, 15) is 0 Å². The smallest absolute Gasteiger partial charge is 0.0655 e. The molecule has 2 rings (SSSR count). The molecule has 0 saturated heterocycles. The van der Waals surface area contributed by atoms with E-state index in [1.807, 2.05) is 0 Å². The highest BCUT2D eigenvalue weighted by molar-refractivity contribution is 4.90. The van der Waals surface area contributed by atoms with E-state index in [0.717, 1.165) is 17.8 Å². The van der Waals surface area contributed by atoms with Gasteiger partial charge in [0.15, 0.2) is 0 Å². The van der Waals surface area contributed by atoms with Gasteiger partial charge in [-0.05, 0) is 43.4 Å². The van der Waals surface area contributed by atoms with Gasteiger partial charge in [0, 0.05) is 5.92 Å². The molecular formula is C19H33N. The number of rotatable bonds is 6. The number of unbranched alkanes of at least 4 members (excludes halogenated alkanes) is 3. The van der Waals surface area contributed by atoms with Crippen LogP contribution in [0.25, 0.3) is 0 Å². The molecule has 1 nitrogen and oxygen atoms in total. The van der Waals surface area contributed by atoms with Crippen LogP contribution in [0.4, 0.5) is 0 Å². The van der Waals surface area contributed by atoms with Crippen molar-refractivity contribution < 1.29 is 0 Å². The lowest BCUT2D eigenvalue weighted by Gasteiger charge is -2.37. The highest BCUT2D eigenvalue weighted by Crippen LogP contribution is 2.42. The third-order valence-electron chi connectivity index (χ3n) is 5.92. The summed E-state index contributed by atoms with van der Waals surface area (Å²) in [5.74, 6) is 3.24. The van der Waals surface area contributed by atoms with Crippen LogP contribution in [0.2, 0.25) is 0 Å². The fourth-order valence-electron chi connectivity index (χ4n) is 4.58. The van der Waals surface area contributed by atoms with Gasteiger partial charge in [-0.3, -0.25) is 0 Å². The van der Waals surface area contributed by atoms with Crippen LogP contribution in [0.15, 0.2) is 0 Å². The van der Waals surface area contributed by atoms with Gasteiger partial charge in [0.05, 0.1) is 6.07 Å². The van der Waals surface area contributed by atoms with E-state index >= 15 is 0 Å². The second-order valence-corrected chi connectivity index (χ2v) is 7.38. The van der Waals surface area contributed by atoms with Gasteiger partial charge in [0.1, 0.15) is 0 Å². The molecule has 2 unspecified atom stereocenters. The minimum Gasteiger partial charge on any atom is -0.198 e. The van der Waals surface area contributed by atoms with E-state index in [2.05, 4.69) is 13.0 Å². The van der Waals surface area contributed by atoms with Crippen LogP contribution in [0.3, 0.4) is 0 Å². The maximum Gasteiger partial charge on any atom is 0.0655 e. The maximum absolute atomic E-state index is 9.14. The van der Waals surface area contributed by atoms with E-state index in [-0.39, 0.29) is 0 Å². The minimum absolute atomic E-state index is 0.375. The monoisotopic (exact) mass is 275 g/mol. The molecular weight excluding hydrogens is 242 g/mol. The molecule has 1 heteroatoms. The van der Waals surface area contributed by atoms with Crippen molar-refractivity contribution in [1.29, 1.82) is 5.26 Å². The first kappa shape index (κ1) is 15.9. The molecule has 2 aliphatic rings. The molecule has 0 aromatic carbocycles. The Labute approximate surface area is 126 Å². The Morgan fingerprint density at radius 1 is 0.900 bits per heavy atom. The average Bonchev–Trinajstić information content (AvgIpc) is 2.52. The van der Waals surface area contributed by atoms with Crippen LogP contribution in [-0.4, -0.2) is 0 Å². The van der Waals surface area contributed by atoms with Gasteiger partial charge < -0.3 is 0 Å². The molecule has 20 heavy (non-hydrogen) atoms. The van der Waals surface area contributed by atoms with Crippen molar-refractivity contribution in [2.45, 2.75) is 90.4 Å². The van der Waals surface area contributed by atoms with Crippen molar-refractivity contribution in [1.82, 2.24) is 0 Å². The fraction of sp³-hybridized carbons (Fsp3) is 0.947. The topological polar surface area (TPSA) is 23.8 Å². The summed E-state index contributed by atoms with van der Waals surface area (Å²) in [5, 5.41) is 9.14. The Morgan fingerprint density at radius 2 is 1.70 bits per heavy atom. The Kier molecular flexibility index (Phi) is 6.91. The normalized spacial score (nSPS) is 34.6. The Hall–Kier alpha value is -0.510. The summed E-state index contributed by atoms with van der Waals surface area (Å²) in [5.41, 5.74) is 0. The number of nitriles is 1. The summed E-state index contributed by atoms with van der Waals surface area (Å²) in [6, 6.07) is 2.52. The molecule has 0 radical (unpaired) electrons. The van der Waals surface area contributed by atoms with Gasteiger partial charge in [-0.25, -0.2) is 0 Å². The molecule has 0 heterocycles. The van der Waals surface area contributed by atoms with E-state index < -0.39 is 0 Å². The van der Waals surface area contributed by atoms with Gasteiger partial charge in [0.25, 0.3) is 0 Å². The highest BCUT2D eigenvalue weighted by Gasteiger charge is 2.31. The molecule has 0 spiro atoms. The first-order valence-corrected chi connectivity index (χ1v) is 9.23. The first-order chi connectivity index (χ1) is 9.83. The van der Waals surface area contributed by atoms with Gasteiger partial charge in [0.2, 0.25) is 0 Å². The molecule has 0 bridgehead atoms. The summed E-state index contributed by atoms with van der Waals surface area (Å²) in [4.78, 5) is 0. The molecule has 0 aromatic rings. The molecule has 2 saturated carbocycles. The van der Waals surface area contributed by atoms with Crippen molar-refractivity contribution in [3.8, 4) is 6.07 Å². The first-order valence-electron chi connectivity index (χ1n) is 9.23. The molecule has 0 N–H and O–H groups in total. The summed E-state index contributed by atoms with van der Waals surface area (Å²) >= 11 is 0. The quantitative estimate of drug-likeness (QED) is 0.538. The van der Waals surface area contributed by atoms with Crippen LogP contribution in [0.1, 0.15) is 90.4 Å². The van der Waals surface area contributed by atoms with Gasteiger partial charge in [-0.1, -0.05) is 64.7 Å². The summed E-state index contributed by atoms with van der Waals surface area (Å²) < 4.78 is 0. The number of hydrogen-bond acceptors (Lipinski definition) is 1. The van der Waals surface area contributed by atoms with Crippen LogP contribution in [0, 0.1) is 35.0 Å². The lowest BCUT2D eigenvalue weighted by molar-refractivity contribution is 0.149. The van der Waals surface area contributed by atoms with Crippen molar-refractivity contribution in [3.05, 3.63) is 0 Å². The lowest BCUT2D eigenvalue weighted by atomic mass is 9.68. The fourth-order valence-corrected chi connectivity index (χ4v) is 4.58. The average molecular weight is 275 g/mol. The van der Waals surface area contributed by atoms with Crippen LogP contribution >= 0.6 is 0 Å². The Balaban J connectivity index is 1.65. The highest BCUT2D eigenvalue weighted by atomic mass is 14.4. The number of nitrogens with zero attached hydrogens (tertiary/aromatic N) is 1. The van der Waals surface area contributed by atoms with Crippen molar-refractivity contribution in [2.75, 3.05) is 0 Å². The second kappa shape index (κ2) is 8.71. The largest absolute Gasteiger partial charge is 0.198 e. The van der Waals surface area contributed by atoms with E-state index in [4.69, 9.17) is 5.26 Å². The lowest BCUT2D eigenvalue weighted by Crippen LogP contribution is -2.26. The maximum atomic E-state index is 9.14. The zero-order valence-corrected chi connectivity index (χ0v) is 13.4. The van der Waals surface area contributed by atoms with Crippen molar-refractivity contribution in [3.63, 3.8) is 0 Å². The summed E-state index contributed by atoms with van der Waals surface area (Å²) in [6.07, 6.45) is 18.1. The molecule has 0 aliphatic heterocycles. The zero-order valence-electron chi connectivity index (χ0n) is 13.4. The van der Waals surface area contributed by atoms with Crippen molar-refractivity contribution in [2.24, 2.45) is 23.7 Å². The SMILES string of the molecule is CCCCCCC1CCC(C2CCCC(C#N)C2)CC1.